The van der Waals surface area contributed by atoms with E-state index >= 15 is 0 Å². The molecule has 2 rings (SSSR count). The van der Waals surface area contributed by atoms with Crippen LogP contribution in [0.2, 0.25) is 0 Å². The Hall–Kier alpha value is -0.980. The van der Waals surface area contributed by atoms with Crippen molar-refractivity contribution in [2.75, 3.05) is 5.32 Å². The first-order valence-corrected chi connectivity index (χ1v) is 6.82. The number of aryl methyl sites for hydroxylation is 2. The number of rotatable bonds is 2. The van der Waals surface area contributed by atoms with Gasteiger partial charge in [0.25, 0.3) is 0 Å². The fourth-order valence-electron chi connectivity index (χ4n) is 2.38. The van der Waals surface area contributed by atoms with Gasteiger partial charge in [0.1, 0.15) is 0 Å². The molecule has 1 aliphatic heterocycles. The van der Waals surface area contributed by atoms with Crippen LogP contribution in [0.1, 0.15) is 51.7 Å². The highest BCUT2D eigenvalue weighted by molar-refractivity contribution is 5.55. The van der Waals surface area contributed by atoms with Crippen LogP contribution in [0.25, 0.3) is 0 Å². The second kappa shape index (κ2) is 4.72. The van der Waals surface area contributed by atoms with Gasteiger partial charge in [-0.3, -0.25) is 0 Å². The number of hydrogen-bond acceptors (Lipinski definition) is 1. The molecule has 1 aliphatic rings. The molecule has 1 nitrogen and oxygen atoms in total. The van der Waals surface area contributed by atoms with Gasteiger partial charge in [-0.25, -0.2) is 0 Å². The molecule has 0 amide bonds. The molecule has 0 saturated carbocycles. The molecule has 1 N–H and O–H groups in total. The van der Waals surface area contributed by atoms with E-state index in [4.69, 9.17) is 0 Å². The summed E-state index contributed by atoms with van der Waals surface area (Å²) >= 11 is 0. The third kappa shape index (κ3) is 3.49. The van der Waals surface area contributed by atoms with Crippen LogP contribution in [0.3, 0.4) is 0 Å². The van der Waals surface area contributed by atoms with Crippen molar-refractivity contribution in [2.45, 2.75) is 59.4 Å². The monoisotopic (exact) mass is 231 g/mol. The van der Waals surface area contributed by atoms with Crippen molar-refractivity contribution in [3.05, 3.63) is 29.3 Å². The van der Waals surface area contributed by atoms with Crippen molar-refractivity contribution in [3.63, 3.8) is 0 Å². The lowest BCUT2D eigenvalue weighted by Gasteiger charge is -2.25. The summed E-state index contributed by atoms with van der Waals surface area (Å²) in [5.74, 6) is 0. The van der Waals surface area contributed by atoms with Crippen molar-refractivity contribution in [3.8, 4) is 0 Å². The summed E-state index contributed by atoms with van der Waals surface area (Å²) in [5.41, 5.74) is 4.79. The van der Waals surface area contributed by atoms with Gasteiger partial charge in [0, 0.05) is 11.7 Å². The van der Waals surface area contributed by atoms with Gasteiger partial charge in [0.05, 0.1) is 0 Å². The van der Waals surface area contributed by atoms with Crippen LogP contribution in [-0.2, 0) is 12.8 Å². The molecule has 0 aromatic heterocycles. The van der Waals surface area contributed by atoms with E-state index in [0.29, 0.717) is 11.5 Å². The first-order valence-electron chi connectivity index (χ1n) is 6.82. The van der Waals surface area contributed by atoms with Crippen LogP contribution in [0.15, 0.2) is 18.2 Å². The molecule has 1 heteroatoms. The van der Waals surface area contributed by atoms with E-state index in [2.05, 4.69) is 51.2 Å². The minimum atomic E-state index is 0.433. The fourth-order valence-corrected chi connectivity index (χ4v) is 2.38. The lowest BCUT2D eigenvalue weighted by atomic mass is 9.87. The molecule has 0 spiro atoms. The van der Waals surface area contributed by atoms with Crippen LogP contribution in [0.5, 0.6) is 0 Å². The first kappa shape index (κ1) is 12.5. The lowest BCUT2D eigenvalue weighted by Crippen LogP contribution is -2.21. The highest BCUT2D eigenvalue weighted by atomic mass is 14.9. The zero-order valence-corrected chi connectivity index (χ0v) is 11.6. The zero-order chi connectivity index (χ0) is 12.5. The van der Waals surface area contributed by atoms with Crippen molar-refractivity contribution >= 4 is 5.69 Å². The fraction of sp³-hybridized carbons (Fsp3) is 0.625. The van der Waals surface area contributed by atoms with Crippen molar-refractivity contribution < 1.29 is 0 Å². The molecule has 0 fully saturated rings. The average molecular weight is 231 g/mol. The standard InChI is InChI=1S/C16H25N/c1-12-5-7-14-11-13(6-8-15(14)17-12)9-10-16(2,3)4/h6,8,11-12,17H,5,7,9-10H2,1-4H3. The first-order chi connectivity index (χ1) is 7.94. The number of benzene rings is 1. The Kier molecular flexibility index (Phi) is 3.46. The van der Waals surface area contributed by atoms with Gasteiger partial charge in [-0.2, -0.15) is 0 Å². The van der Waals surface area contributed by atoms with Crippen LogP contribution in [0.4, 0.5) is 5.69 Å². The molecule has 94 valence electrons. The maximum absolute atomic E-state index is 3.56. The van der Waals surface area contributed by atoms with Gasteiger partial charge in [0.2, 0.25) is 0 Å². The molecule has 1 aromatic carbocycles. The average Bonchev–Trinajstić information content (AvgIpc) is 2.25. The number of hydrogen-bond donors (Lipinski definition) is 1. The summed E-state index contributed by atoms with van der Waals surface area (Å²) in [6.07, 6.45) is 4.95. The van der Waals surface area contributed by atoms with Gasteiger partial charge >= 0.3 is 0 Å². The lowest BCUT2D eigenvalue weighted by molar-refractivity contribution is 0.378. The number of anilines is 1. The Morgan fingerprint density at radius 2 is 2.06 bits per heavy atom. The third-order valence-electron chi connectivity index (χ3n) is 3.58. The Morgan fingerprint density at radius 1 is 1.29 bits per heavy atom. The number of fused-ring (bicyclic) bond motifs is 1. The van der Waals surface area contributed by atoms with Gasteiger partial charge < -0.3 is 5.32 Å². The molecule has 1 atom stereocenters. The summed E-state index contributed by atoms with van der Waals surface area (Å²) in [5, 5.41) is 3.56. The molecule has 0 saturated heterocycles. The van der Waals surface area contributed by atoms with E-state index in [-0.39, 0.29) is 0 Å². The molecule has 1 aromatic rings. The predicted molar refractivity (Wildman–Crippen MR) is 75.6 cm³/mol. The van der Waals surface area contributed by atoms with Gasteiger partial charge in [0.15, 0.2) is 0 Å². The highest BCUT2D eigenvalue weighted by Crippen LogP contribution is 2.27. The second-order valence-corrected chi connectivity index (χ2v) is 6.64. The molecule has 1 unspecified atom stereocenters. The van der Waals surface area contributed by atoms with E-state index < -0.39 is 0 Å². The van der Waals surface area contributed by atoms with E-state index in [1.807, 2.05) is 0 Å². The highest BCUT2D eigenvalue weighted by Gasteiger charge is 2.15. The van der Waals surface area contributed by atoms with Crippen LogP contribution < -0.4 is 5.32 Å². The van der Waals surface area contributed by atoms with Gasteiger partial charge in [-0.1, -0.05) is 32.9 Å². The molecule has 0 aliphatic carbocycles. The second-order valence-electron chi connectivity index (χ2n) is 6.64. The maximum atomic E-state index is 3.56. The summed E-state index contributed by atoms with van der Waals surface area (Å²) < 4.78 is 0. The predicted octanol–water partition coefficient (Wildman–Crippen LogP) is 4.41. The Balaban J connectivity index is 2.06. The zero-order valence-electron chi connectivity index (χ0n) is 11.6. The van der Waals surface area contributed by atoms with Crippen molar-refractivity contribution in [1.82, 2.24) is 0 Å². The maximum Gasteiger partial charge on any atom is 0.0374 e. The van der Waals surface area contributed by atoms with Gasteiger partial charge in [-0.15, -0.1) is 0 Å². The minimum Gasteiger partial charge on any atom is -0.382 e. The smallest absolute Gasteiger partial charge is 0.0374 e. The topological polar surface area (TPSA) is 12.0 Å². The van der Waals surface area contributed by atoms with Crippen LogP contribution in [-0.4, -0.2) is 6.04 Å². The summed E-state index contributed by atoms with van der Waals surface area (Å²) in [7, 11) is 0. The summed E-state index contributed by atoms with van der Waals surface area (Å²) in [6.45, 7) is 9.20. The molecule has 0 radical (unpaired) electrons. The van der Waals surface area contributed by atoms with E-state index in [1.54, 1.807) is 0 Å². The van der Waals surface area contributed by atoms with E-state index in [9.17, 15) is 0 Å². The molecule has 17 heavy (non-hydrogen) atoms. The normalized spacial score (nSPS) is 19.6. The Bertz CT molecular complexity index is 387. The Labute approximate surface area is 106 Å². The van der Waals surface area contributed by atoms with E-state index in [0.717, 1.165) is 0 Å². The molecular weight excluding hydrogens is 206 g/mol. The van der Waals surface area contributed by atoms with Crippen molar-refractivity contribution in [1.29, 1.82) is 0 Å². The van der Waals surface area contributed by atoms with Crippen LogP contribution >= 0.6 is 0 Å². The summed E-state index contributed by atoms with van der Waals surface area (Å²) in [6, 6.07) is 7.58. The quantitative estimate of drug-likeness (QED) is 0.795. The SMILES string of the molecule is CC1CCc2cc(CCC(C)(C)C)ccc2N1. The number of nitrogens with one attached hydrogen (secondary N) is 1. The largest absolute Gasteiger partial charge is 0.382 e. The summed E-state index contributed by atoms with van der Waals surface area (Å²) in [4.78, 5) is 0. The minimum absolute atomic E-state index is 0.433. The third-order valence-corrected chi connectivity index (χ3v) is 3.58. The Morgan fingerprint density at radius 3 is 2.76 bits per heavy atom. The molecule has 0 bridgehead atoms. The van der Waals surface area contributed by atoms with E-state index in [1.165, 1.54) is 42.5 Å². The van der Waals surface area contributed by atoms with Crippen LogP contribution in [0, 0.1) is 5.41 Å². The molecular formula is C16H25N. The molecule has 1 heterocycles. The van der Waals surface area contributed by atoms with Crippen molar-refractivity contribution in [2.24, 2.45) is 5.41 Å². The van der Waals surface area contributed by atoms with Gasteiger partial charge in [-0.05, 0) is 55.2 Å².